The molecule has 0 bridgehead atoms. The van der Waals surface area contributed by atoms with Gasteiger partial charge in [0, 0.05) is 9.61 Å². The monoisotopic (exact) mass is 351 g/mol. The van der Waals surface area contributed by atoms with Crippen LogP contribution in [0.1, 0.15) is 28.3 Å². The summed E-state index contributed by atoms with van der Waals surface area (Å²) in [5.74, 6) is 0. The summed E-state index contributed by atoms with van der Waals surface area (Å²) in [6, 6.07) is 15.0. The molecule has 0 aliphatic rings. The van der Waals surface area contributed by atoms with Crippen molar-refractivity contribution in [2.75, 3.05) is 0 Å². The third-order valence-corrected chi connectivity index (χ3v) is 4.63. The Kier molecular flexibility index (Phi) is 4.40. The van der Waals surface area contributed by atoms with E-state index in [2.05, 4.69) is 78.9 Å². The Bertz CT molecular complexity index is 549. The minimum absolute atomic E-state index is 0.0681. The molecule has 0 aromatic heterocycles. The van der Waals surface area contributed by atoms with Crippen molar-refractivity contribution in [3.63, 3.8) is 0 Å². The number of nitrogens with two attached hydrogens (primary N) is 1. The van der Waals surface area contributed by atoms with Crippen molar-refractivity contribution in [3.05, 3.63) is 68.3 Å². The third kappa shape index (κ3) is 3.12. The van der Waals surface area contributed by atoms with Crippen LogP contribution in [0.5, 0.6) is 0 Å². The van der Waals surface area contributed by atoms with E-state index < -0.39 is 0 Å². The molecular formula is C16H18IN. The highest BCUT2D eigenvalue weighted by atomic mass is 127. The van der Waals surface area contributed by atoms with Gasteiger partial charge in [-0.2, -0.15) is 0 Å². The summed E-state index contributed by atoms with van der Waals surface area (Å²) >= 11 is 2.39. The molecule has 0 aliphatic heterocycles. The Morgan fingerprint density at radius 1 is 1.11 bits per heavy atom. The van der Waals surface area contributed by atoms with Gasteiger partial charge in [0.05, 0.1) is 0 Å². The smallest absolute Gasteiger partial charge is 0.0346 e. The molecule has 1 atom stereocenters. The fourth-order valence-electron chi connectivity index (χ4n) is 2.16. The lowest BCUT2D eigenvalue weighted by molar-refractivity contribution is 0.716. The van der Waals surface area contributed by atoms with E-state index in [0.717, 1.165) is 6.42 Å². The fraction of sp³-hybridized carbons (Fsp3) is 0.250. The van der Waals surface area contributed by atoms with E-state index in [1.54, 1.807) is 0 Å². The van der Waals surface area contributed by atoms with Crippen molar-refractivity contribution in [3.8, 4) is 0 Å². The maximum atomic E-state index is 6.34. The Morgan fingerprint density at radius 3 is 2.56 bits per heavy atom. The molecule has 2 rings (SSSR count). The number of hydrogen-bond donors (Lipinski definition) is 1. The molecule has 0 spiro atoms. The predicted molar refractivity (Wildman–Crippen MR) is 85.7 cm³/mol. The van der Waals surface area contributed by atoms with E-state index in [4.69, 9.17) is 5.73 Å². The van der Waals surface area contributed by atoms with Gasteiger partial charge in [-0.1, -0.05) is 48.0 Å². The third-order valence-electron chi connectivity index (χ3n) is 3.16. The largest absolute Gasteiger partial charge is 0.324 e. The van der Waals surface area contributed by atoms with E-state index in [-0.39, 0.29) is 6.04 Å². The summed E-state index contributed by atoms with van der Waals surface area (Å²) in [7, 11) is 0. The first-order valence-electron chi connectivity index (χ1n) is 6.14. The highest BCUT2D eigenvalue weighted by molar-refractivity contribution is 14.1. The lowest BCUT2D eigenvalue weighted by atomic mass is 9.97. The molecule has 0 fully saturated rings. The molecule has 0 heterocycles. The van der Waals surface area contributed by atoms with E-state index >= 15 is 0 Å². The minimum Gasteiger partial charge on any atom is -0.324 e. The Balaban J connectivity index is 2.22. The lowest BCUT2D eigenvalue weighted by Crippen LogP contribution is -2.15. The molecule has 18 heavy (non-hydrogen) atoms. The zero-order valence-corrected chi connectivity index (χ0v) is 12.9. The Hall–Kier alpha value is -0.870. The average Bonchev–Trinajstić information content (AvgIpc) is 2.32. The van der Waals surface area contributed by atoms with Crippen LogP contribution < -0.4 is 5.73 Å². The molecule has 2 heteroatoms. The molecule has 1 unspecified atom stereocenters. The Morgan fingerprint density at radius 2 is 1.83 bits per heavy atom. The normalized spacial score (nSPS) is 12.4. The van der Waals surface area contributed by atoms with Crippen LogP contribution >= 0.6 is 22.6 Å². The van der Waals surface area contributed by atoms with Gasteiger partial charge < -0.3 is 5.73 Å². The van der Waals surface area contributed by atoms with Crippen LogP contribution in [-0.4, -0.2) is 0 Å². The van der Waals surface area contributed by atoms with Crippen LogP contribution in [-0.2, 0) is 6.42 Å². The van der Waals surface area contributed by atoms with Crippen molar-refractivity contribution in [1.82, 2.24) is 0 Å². The summed E-state index contributed by atoms with van der Waals surface area (Å²) in [4.78, 5) is 0. The number of rotatable bonds is 3. The van der Waals surface area contributed by atoms with Crippen LogP contribution in [0.3, 0.4) is 0 Å². The number of aryl methyl sites for hydroxylation is 2. The highest BCUT2D eigenvalue weighted by Gasteiger charge is 2.11. The van der Waals surface area contributed by atoms with Crippen LogP contribution in [0, 0.1) is 17.4 Å². The maximum absolute atomic E-state index is 6.34. The maximum Gasteiger partial charge on any atom is 0.0346 e. The lowest BCUT2D eigenvalue weighted by Gasteiger charge is -2.15. The minimum atomic E-state index is 0.0681. The van der Waals surface area contributed by atoms with E-state index in [9.17, 15) is 0 Å². The first-order chi connectivity index (χ1) is 8.58. The Labute approximate surface area is 123 Å². The molecule has 0 saturated heterocycles. The van der Waals surface area contributed by atoms with Crippen molar-refractivity contribution >= 4 is 22.6 Å². The van der Waals surface area contributed by atoms with Gasteiger partial charge in [-0.25, -0.2) is 0 Å². The molecule has 0 saturated carbocycles. The molecule has 2 aromatic carbocycles. The first kappa shape index (κ1) is 13.6. The predicted octanol–water partition coefficient (Wildman–Crippen LogP) is 4.15. The first-order valence-corrected chi connectivity index (χ1v) is 7.22. The van der Waals surface area contributed by atoms with Crippen LogP contribution in [0.4, 0.5) is 0 Å². The van der Waals surface area contributed by atoms with E-state index in [0.29, 0.717) is 0 Å². The second kappa shape index (κ2) is 5.85. The van der Waals surface area contributed by atoms with Gasteiger partial charge in [0.15, 0.2) is 0 Å². The number of benzene rings is 2. The molecular weight excluding hydrogens is 333 g/mol. The van der Waals surface area contributed by atoms with Crippen LogP contribution in [0.15, 0.2) is 42.5 Å². The van der Waals surface area contributed by atoms with E-state index in [1.807, 2.05) is 0 Å². The number of hydrogen-bond acceptors (Lipinski definition) is 1. The topological polar surface area (TPSA) is 26.0 Å². The summed E-state index contributed by atoms with van der Waals surface area (Å²) < 4.78 is 1.29. The second-order valence-electron chi connectivity index (χ2n) is 4.78. The molecule has 2 N–H and O–H groups in total. The van der Waals surface area contributed by atoms with Gasteiger partial charge in [-0.15, -0.1) is 0 Å². The summed E-state index contributed by atoms with van der Waals surface area (Å²) in [6.07, 6.45) is 0.890. The second-order valence-corrected chi connectivity index (χ2v) is 5.86. The molecule has 0 radical (unpaired) electrons. The molecule has 94 valence electrons. The average molecular weight is 351 g/mol. The highest BCUT2D eigenvalue weighted by Crippen LogP contribution is 2.24. The quantitative estimate of drug-likeness (QED) is 0.826. The van der Waals surface area contributed by atoms with Gasteiger partial charge in [-0.3, -0.25) is 0 Å². The van der Waals surface area contributed by atoms with Gasteiger partial charge in [0.25, 0.3) is 0 Å². The van der Waals surface area contributed by atoms with Crippen molar-refractivity contribution in [2.24, 2.45) is 5.73 Å². The SMILES string of the molecule is Cc1cccc(CC(N)c2cccc(C)c2I)c1. The van der Waals surface area contributed by atoms with Crippen molar-refractivity contribution in [2.45, 2.75) is 26.3 Å². The van der Waals surface area contributed by atoms with Crippen LogP contribution in [0.2, 0.25) is 0 Å². The molecule has 0 aliphatic carbocycles. The zero-order valence-electron chi connectivity index (χ0n) is 10.8. The van der Waals surface area contributed by atoms with Gasteiger partial charge in [0.1, 0.15) is 0 Å². The van der Waals surface area contributed by atoms with Gasteiger partial charge >= 0.3 is 0 Å². The van der Waals surface area contributed by atoms with E-state index in [1.165, 1.54) is 25.8 Å². The standard InChI is InChI=1S/C16H18IN/c1-11-5-3-7-13(9-11)10-15(18)14-8-4-6-12(2)16(14)17/h3-9,15H,10,18H2,1-2H3. The summed E-state index contributed by atoms with van der Waals surface area (Å²) in [5.41, 5.74) is 11.5. The summed E-state index contributed by atoms with van der Waals surface area (Å²) in [6.45, 7) is 4.25. The zero-order chi connectivity index (χ0) is 13.1. The molecule has 2 aromatic rings. The van der Waals surface area contributed by atoms with Crippen molar-refractivity contribution < 1.29 is 0 Å². The van der Waals surface area contributed by atoms with Gasteiger partial charge in [-0.05, 0) is 59.5 Å². The number of halogens is 1. The fourth-order valence-corrected chi connectivity index (χ4v) is 2.92. The summed E-state index contributed by atoms with van der Waals surface area (Å²) in [5, 5.41) is 0. The molecule has 0 amide bonds. The van der Waals surface area contributed by atoms with Crippen LogP contribution in [0.25, 0.3) is 0 Å². The van der Waals surface area contributed by atoms with Gasteiger partial charge in [0.2, 0.25) is 0 Å². The van der Waals surface area contributed by atoms with Crippen molar-refractivity contribution in [1.29, 1.82) is 0 Å². The molecule has 1 nitrogen and oxygen atoms in total.